The number of Topliss-reactive ketones (excluding diaryl/α,β-unsaturated/α-hetero) is 1. The molecule has 1 aliphatic rings. The van der Waals surface area contributed by atoms with E-state index in [9.17, 15) is 18.5 Å². The van der Waals surface area contributed by atoms with Gasteiger partial charge in [-0.2, -0.15) is 5.26 Å². The molecule has 0 bridgehead atoms. The van der Waals surface area contributed by atoms with Crippen LogP contribution in [0.5, 0.6) is 0 Å². The predicted octanol–water partition coefficient (Wildman–Crippen LogP) is 1.95. The number of halogens is 1. The molecule has 0 aromatic heterocycles. The number of sulfone groups is 1. The largest absolute Gasteiger partial charge is 0.297 e. The van der Waals surface area contributed by atoms with Crippen LogP contribution >= 0.6 is 11.6 Å². The number of ketones is 1. The van der Waals surface area contributed by atoms with E-state index in [1.54, 1.807) is 24.3 Å². The second kappa shape index (κ2) is 5.32. The zero-order chi connectivity index (χ0) is 14.0. The highest BCUT2D eigenvalue weighted by Crippen LogP contribution is 2.30. The van der Waals surface area contributed by atoms with Gasteiger partial charge in [0.1, 0.15) is 5.92 Å². The highest BCUT2D eigenvalue weighted by atomic mass is 35.5. The molecule has 0 N–H and O–H groups in total. The topological polar surface area (TPSA) is 75.0 Å². The summed E-state index contributed by atoms with van der Waals surface area (Å²) >= 11 is 5.98. The van der Waals surface area contributed by atoms with Crippen LogP contribution in [0.4, 0.5) is 0 Å². The molecule has 1 aromatic rings. The lowest BCUT2D eigenvalue weighted by molar-refractivity contribution is -0.122. The van der Waals surface area contributed by atoms with Gasteiger partial charge in [0.05, 0.1) is 17.6 Å². The molecule has 0 amide bonds. The summed E-state index contributed by atoms with van der Waals surface area (Å²) in [5, 5.41) is 9.54. The van der Waals surface area contributed by atoms with Gasteiger partial charge < -0.3 is 0 Å². The Bertz CT molecular complexity index is 648. The molecule has 0 aliphatic carbocycles. The molecule has 1 heterocycles. The van der Waals surface area contributed by atoms with Crippen LogP contribution in [0, 0.1) is 17.2 Å². The Kier molecular flexibility index (Phi) is 3.93. The summed E-state index contributed by atoms with van der Waals surface area (Å²) in [4.78, 5) is 12.3. The van der Waals surface area contributed by atoms with Crippen molar-refractivity contribution in [3.63, 3.8) is 0 Å². The summed E-state index contributed by atoms with van der Waals surface area (Å²) in [6.45, 7) is 0. The molecule has 1 fully saturated rings. The first-order valence-electron chi connectivity index (χ1n) is 5.83. The first-order chi connectivity index (χ1) is 8.94. The van der Waals surface area contributed by atoms with Crippen molar-refractivity contribution in [1.29, 1.82) is 5.26 Å². The average Bonchev–Trinajstić information content (AvgIpc) is 2.73. The summed E-state index contributed by atoms with van der Waals surface area (Å²) in [5.41, 5.74) is 0.445. The summed E-state index contributed by atoms with van der Waals surface area (Å²) in [5.74, 6) is -2.08. The number of hydrogen-bond acceptors (Lipinski definition) is 4. The molecule has 1 aromatic carbocycles. The third kappa shape index (κ3) is 2.96. The number of carbonyl (C=O) groups is 1. The van der Waals surface area contributed by atoms with Crippen molar-refractivity contribution in [1.82, 2.24) is 0 Å². The molecule has 1 saturated heterocycles. The maximum absolute atomic E-state index is 12.3. The number of rotatable bonds is 3. The fraction of sp³-hybridized carbons (Fsp3) is 0.385. The Hall–Kier alpha value is -1.38. The summed E-state index contributed by atoms with van der Waals surface area (Å²) < 4.78 is 22.8. The molecule has 100 valence electrons. The van der Waals surface area contributed by atoms with E-state index in [1.807, 2.05) is 6.07 Å². The van der Waals surface area contributed by atoms with Crippen LogP contribution in [0.3, 0.4) is 0 Å². The number of hydrogen-bond donors (Lipinski definition) is 0. The lowest BCUT2D eigenvalue weighted by Crippen LogP contribution is -2.22. The van der Waals surface area contributed by atoms with Crippen molar-refractivity contribution in [3.05, 3.63) is 34.9 Å². The monoisotopic (exact) mass is 297 g/mol. The molecule has 0 saturated carbocycles. The van der Waals surface area contributed by atoms with E-state index in [2.05, 4.69) is 0 Å². The summed E-state index contributed by atoms with van der Waals surface area (Å²) in [6, 6.07) is 8.58. The quantitative estimate of drug-likeness (QED) is 0.854. The summed E-state index contributed by atoms with van der Waals surface area (Å²) in [7, 11) is -3.14. The molecule has 4 nitrogen and oxygen atoms in total. The minimum atomic E-state index is -3.14. The van der Waals surface area contributed by atoms with E-state index in [1.165, 1.54) is 0 Å². The van der Waals surface area contributed by atoms with Gasteiger partial charge in [0.15, 0.2) is 15.6 Å². The smallest absolute Gasteiger partial charge is 0.158 e. The zero-order valence-corrected chi connectivity index (χ0v) is 11.6. The fourth-order valence-electron chi connectivity index (χ4n) is 2.25. The molecule has 0 radical (unpaired) electrons. The van der Waals surface area contributed by atoms with Crippen molar-refractivity contribution in [3.8, 4) is 6.07 Å². The fourth-order valence-corrected chi connectivity index (χ4v) is 4.25. The Balaban J connectivity index is 2.27. The number of carbonyl (C=O) groups excluding carboxylic acids is 1. The lowest BCUT2D eigenvalue weighted by atomic mass is 9.88. The standard InChI is InChI=1S/C13H12ClNO3S/c14-12-4-2-1-3-10(12)11(7-15)13(16)9-5-6-19(17,18)8-9/h1-4,9,11H,5-6,8H2. The normalized spacial score (nSPS) is 22.6. The maximum Gasteiger partial charge on any atom is 0.158 e. The Morgan fingerprint density at radius 2 is 2.11 bits per heavy atom. The van der Waals surface area contributed by atoms with Crippen molar-refractivity contribution < 1.29 is 13.2 Å². The second-order valence-corrected chi connectivity index (χ2v) is 7.22. The summed E-state index contributed by atoms with van der Waals surface area (Å²) in [6.07, 6.45) is 0.295. The van der Waals surface area contributed by atoms with E-state index in [0.717, 1.165) is 0 Å². The molecule has 2 atom stereocenters. The third-order valence-corrected chi connectivity index (χ3v) is 5.38. The molecule has 0 spiro atoms. The Morgan fingerprint density at radius 3 is 2.63 bits per heavy atom. The minimum absolute atomic E-state index is 0.0179. The Morgan fingerprint density at radius 1 is 1.42 bits per heavy atom. The van der Waals surface area contributed by atoms with Crippen LogP contribution in [0.25, 0.3) is 0 Å². The zero-order valence-electron chi connectivity index (χ0n) is 10.0. The van der Waals surface area contributed by atoms with Crippen molar-refractivity contribution >= 4 is 27.2 Å². The molecule has 6 heteroatoms. The van der Waals surface area contributed by atoms with Gasteiger partial charge in [0.2, 0.25) is 0 Å². The van der Waals surface area contributed by atoms with Crippen LogP contribution < -0.4 is 0 Å². The first-order valence-corrected chi connectivity index (χ1v) is 8.03. The third-order valence-electron chi connectivity index (χ3n) is 3.26. The minimum Gasteiger partial charge on any atom is -0.297 e. The van der Waals surface area contributed by atoms with E-state index < -0.39 is 21.7 Å². The molecular weight excluding hydrogens is 286 g/mol. The highest BCUT2D eigenvalue weighted by Gasteiger charge is 2.37. The van der Waals surface area contributed by atoms with Gasteiger partial charge in [0.25, 0.3) is 0 Å². The van der Waals surface area contributed by atoms with E-state index >= 15 is 0 Å². The number of nitrogens with zero attached hydrogens (tertiary/aromatic N) is 1. The van der Waals surface area contributed by atoms with E-state index in [0.29, 0.717) is 17.0 Å². The number of benzene rings is 1. The van der Waals surface area contributed by atoms with Gasteiger partial charge in [-0.25, -0.2) is 8.42 Å². The van der Waals surface area contributed by atoms with E-state index in [4.69, 9.17) is 11.6 Å². The number of nitriles is 1. The van der Waals surface area contributed by atoms with Crippen molar-refractivity contribution in [2.24, 2.45) is 5.92 Å². The van der Waals surface area contributed by atoms with Crippen LogP contribution in [0.2, 0.25) is 5.02 Å². The van der Waals surface area contributed by atoms with Gasteiger partial charge in [-0.15, -0.1) is 0 Å². The average molecular weight is 298 g/mol. The highest BCUT2D eigenvalue weighted by molar-refractivity contribution is 7.91. The second-order valence-electron chi connectivity index (χ2n) is 4.59. The SMILES string of the molecule is N#CC(C(=O)C1CCS(=O)(=O)C1)c1ccccc1Cl. The van der Waals surface area contributed by atoms with E-state index in [-0.39, 0.29) is 17.3 Å². The molecule has 2 rings (SSSR count). The van der Waals surface area contributed by atoms with Gasteiger partial charge in [-0.1, -0.05) is 29.8 Å². The van der Waals surface area contributed by atoms with Crippen molar-refractivity contribution in [2.45, 2.75) is 12.3 Å². The first kappa shape index (κ1) is 14.0. The predicted molar refractivity (Wildman–Crippen MR) is 71.6 cm³/mol. The van der Waals surface area contributed by atoms with Crippen LogP contribution in [0.15, 0.2) is 24.3 Å². The van der Waals surface area contributed by atoms with Crippen LogP contribution in [-0.2, 0) is 14.6 Å². The maximum atomic E-state index is 12.3. The molecule has 19 heavy (non-hydrogen) atoms. The Labute approximate surface area is 116 Å². The van der Waals surface area contributed by atoms with Crippen molar-refractivity contribution in [2.75, 3.05) is 11.5 Å². The molecule has 1 aliphatic heterocycles. The van der Waals surface area contributed by atoms with Gasteiger partial charge in [-0.05, 0) is 18.1 Å². The lowest BCUT2D eigenvalue weighted by Gasteiger charge is -2.13. The van der Waals surface area contributed by atoms with Gasteiger partial charge in [-0.3, -0.25) is 4.79 Å². The van der Waals surface area contributed by atoms with Gasteiger partial charge >= 0.3 is 0 Å². The van der Waals surface area contributed by atoms with Crippen LogP contribution in [-0.4, -0.2) is 25.7 Å². The molecular formula is C13H12ClNO3S. The van der Waals surface area contributed by atoms with Gasteiger partial charge in [0, 0.05) is 10.9 Å². The molecule has 2 unspecified atom stereocenters. The van der Waals surface area contributed by atoms with Crippen LogP contribution in [0.1, 0.15) is 17.9 Å².